The van der Waals surface area contributed by atoms with Crippen molar-refractivity contribution in [2.24, 2.45) is 0 Å². The maximum atomic E-state index is 13.8. The predicted octanol–water partition coefficient (Wildman–Crippen LogP) is 6.49. The first-order valence-corrected chi connectivity index (χ1v) is 13.2. The van der Waals surface area contributed by atoms with Crippen LogP contribution in [0.1, 0.15) is 52.3 Å². The van der Waals surface area contributed by atoms with Gasteiger partial charge in [0.15, 0.2) is 5.69 Å². The van der Waals surface area contributed by atoms with Crippen molar-refractivity contribution >= 4 is 28.5 Å². The van der Waals surface area contributed by atoms with Crippen LogP contribution in [0.15, 0.2) is 66.9 Å². The van der Waals surface area contributed by atoms with E-state index in [9.17, 15) is 4.79 Å². The van der Waals surface area contributed by atoms with Gasteiger partial charge >= 0.3 is 0 Å². The number of nitrogens with one attached hydrogen (secondary N) is 2. The number of aryl methyl sites for hydroxylation is 1. The normalized spacial score (nSPS) is 14.1. The quantitative estimate of drug-likeness (QED) is 0.274. The van der Waals surface area contributed by atoms with Crippen molar-refractivity contribution in [3.8, 4) is 16.9 Å². The van der Waals surface area contributed by atoms with Crippen molar-refractivity contribution in [3.63, 3.8) is 0 Å². The third kappa shape index (κ3) is 4.54. The van der Waals surface area contributed by atoms with Crippen LogP contribution < -0.4 is 4.74 Å². The Morgan fingerprint density at radius 3 is 2.71 bits per heavy atom. The van der Waals surface area contributed by atoms with Gasteiger partial charge in [0.2, 0.25) is 0 Å². The van der Waals surface area contributed by atoms with Gasteiger partial charge in [-0.1, -0.05) is 42.8 Å². The summed E-state index contributed by atoms with van der Waals surface area (Å²) in [6.07, 6.45) is 2.67. The summed E-state index contributed by atoms with van der Waals surface area (Å²) < 4.78 is 6.04. The number of fused-ring (bicyclic) bond motifs is 2. The Balaban J connectivity index is 1.29. The molecule has 1 aliphatic heterocycles. The van der Waals surface area contributed by atoms with Gasteiger partial charge in [-0.15, -0.1) is 0 Å². The number of hydrogen-bond donors (Lipinski definition) is 2. The molecule has 38 heavy (non-hydrogen) atoms. The van der Waals surface area contributed by atoms with Gasteiger partial charge in [0.05, 0.1) is 17.6 Å². The van der Waals surface area contributed by atoms with Crippen LogP contribution in [0.3, 0.4) is 0 Å². The number of amides is 1. The minimum atomic E-state index is -0.107. The predicted molar refractivity (Wildman–Crippen MR) is 149 cm³/mol. The number of rotatable bonds is 5. The van der Waals surface area contributed by atoms with Crippen LogP contribution in [0.4, 0.5) is 0 Å². The van der Waals surface area contributed by atoms with Gasteiger partial charge in [-0.3, -0.25) is 9.89 Å². The van der Waals surface area contributed by atoms with E-state index in [4.69, 9.17) is 16.3 Å². The number of H-pyrrole nitrogens is 2. The number of aromatic amines is 2. The molecule has 1 amide bonds. The van der Waals surface area contributed by atoms with Gasteiger partial charge in [0, 0.05) is 34.8 Å². The van der Waals surface area contributed by atoms with E-state index in [0.717, 1.165) is 56.8 Å². The SMILES string of the molecule is CCC(c1ccc(Cl)cc1)c1c[nH]nc1C(=O)N1CCOc2ccc(-c3ccc4nc(C)[nH]c4c3)cc2C1. The molecule has 192 valence electrons. The fourth-order valence-corrected chi connectivity index (χ4v) is 5.41. The molecule has 1 unspecified atom stereocenters. The molecule has 2 aromatic heterocycles. The molecule has 1 aliphatic rings. The van der Waals surface area contributed by atoms with Crippen LogP contribution in [-0.2, 0) is 6.54 Å². The van der Waals surface area contributed by atoms with Crippen LogP contribution >= 0.6 is 11.6 Å². The number of aromatic nitrogens is 4. The molecule has 0 bridgehead atoms. The number of carbonyl (C=O) groups is 1. The highest BCUT2D eigenvalue weighted by Crippen LogP contribution is 2.33. The van der Waals surface area contributed by atoms with E-state index in [-0.39, 0.29) is 11.8 Å². The molecule has 0 saturated heterocycles. The fraction of sp³-hybridized carbons (Fsp3) is 0.233. The first-order valence-electron chi connectivity index (χ1n) is 12.8. The standard InChI is InChI=1S/C30H28ClN5O2/c1-3-24(19-4-8-23(31)9-5-19)25-16-32-35-29(25)30(37)36-12-13-38-28-11-7-20(14-22(28)17-36)21-6-10-26-27(15-21)34-18(2)33-26/h4-11,14-16,24H,3,12-13,17H2,1-2H3,(H,32,35)(H,33,34). The number of imidazole rings is 1. The van der Waals surface area contributed by atoms with Crippen LogP contribution in [0.25, 0.3) is 22.2 Å². The molecule has 5 aromatic rings. The zero-order valence-electron chi connectivity index (χ0n) is 21.3. The Bertz CT molecular complexity index is 1620. The zero-order valence-corrected chi connectivity index (χ0v) is 22.0. The molecule has 2 N–H and O–H groups in total. The first-order chi connectivity index (χ1) is 18.5. The van der Waals surface area contributed by atoms with E-state index in [1.807, 2.05) is 54.4 Å². The average Bonchev–Trinajstić information content (AvgIpc) is 3.49. The summed E-state index contributed by atoms with van der Waals surface area (Å²) in [7, 11) is 0. The van der Waals surface area contributed by atoms with E-state index in [0.29, 0.717) is 30.4 Å². The maximum absolute atomic E-state index is 13.8. The second kappa shape index (κ2) is 9.99. The highest BCUT2D eigenvalue weighted by molar-refractivity contribution is 6.30. The topological polar surface area (TPSA) is 86.9 Å². The summed E-state index contributed by atoms with van der Waals surface area (Å²) >= 11 is 6.11. The lowest BCUT2D eigenvalue weighted by Crippen LogP contribution is -2.33. The summed E-state index contributed by atoms with van der Waals surface area (Å²) in [5.74, 6) is 1.62. The Kier molecular flexibility index (Phi) is 6.37. The molecule has 0 fully saturated rings. The smallest absolute Gasteiger partial charge is 0.275 e. The lowest BCUT2D eigenvalue weighted by Gasteiger charge is -2.21. The number of ether oxygens (including phenoxy) is 1. The average molecular weight is 526 g/mol. The van der Waals surface area contributed by atoms with Crippen molar-refractivity contribution < 1.29 is 9.53 Å². The van der Waals surface area contributed by atoms with Gasteiger partial charge in [0.25, 0.3) is 5.91 Å². The highest BCUT2D eigenvalue weighted by Gasteiger charge is 2.28. The molecule has 0 spiro atoms. The first kappa shape index (κ1) is 24.2. The van der Waals surface area contributed by atoms with Crippen molar-refractivity contribution in [1.82, 2.24) is 25.1 Å². The van der Waals surface area contributed by atoms with Crippen LogP contribution in [-0.4, -0.2) is 44.1 Å². The minimum absolute atomic E-state index is 0.0353. The van der Waals surface area contributed by atoms with E-state index in [2.05, 4.69) is 51.4 Å². The molecule has 8 heteroatoms. The molecule has 6 rings (SSSR count). The maximum Gasteiger partial charge on any atom is 0.275 e. The molecule has 0 aliphatic carbocycles. The van der Waals surface area contributed by atoms with Crippen molar-refractivity contribution in [1.29, 1.82) is 0 Å². The van der Waals surface area contributed by atoms with Gasteiger partial charge < -0.3 is 14.6 Å². The third-order valence-corrected chi connectivity index (χ3v) is 7.44. The molecular weight excluding hydrogens is 498 g/mol. The zero-order chi connectivity index (χ0) is 26.2. The van der Waals surface area contributed by atoms with Gasteiger partial charge in [0.1, 0.15) is 18.2 Å². The minimum Gasteiger partial charge on any atom is -0.491 e. The van der Waals surface area contributed by atoms with Crippen molar-refractivity contribution in [2.75, 3.05) is 13.2 Å². The van der Waals surface area contributed by atoms with Gasteiger partial charge in [-0.25, -0.2) is 4.98 Å². The lowest BCUT2D eigenvalue weighted by atomic mass is 9.89. The van der Waals surface area contributed by atoms with E-state index in [1.165, 1.54) is 0 Å². The number of nitrogens with zero attached hydrogens (tertiary/aromatic N) is 3. The largest absolute Gasteiger partial charge is 0.491 e. The fourth-order valence-electron chi connectivity index (χ4n) is 5.28. The summed E-state index contributed by atoms with van der Waals surface area (Å²) in [6.45, 7) is 5.41. The summed E-state index contributed by atoms with van der Waals surface area (Å²) in [5, 5.41) is 8.02. The molecule has 0 radical (unpaired) electrons. The lowest BCUT2D eigenvalue weighted by molar-refractivity contribution is 0.0726. The second-order valence-corrected chi connectivity index (χ2v) is 10.1. The second-order valence-electron chi connectivity index (χ2n) is 9.65. The highest BCUT2D eigenvalue weighted by atomic mass is 35.5. The number of hydrogen-bond acceptors (Lipinski definition) is 4. The molecular formula is C30H28ClN5O2. The molecule has 1 atom stereocenters. The van der Waals surface area contributed by atoms with Crippen LogP contribution in [0, 0.1) is 6.92 Å². The number of halogens is 1. The Morgan fingerprint density at radius 2 is 1.89 bits per heavy atom. The van der Waals surface area contributed by atoms with Gasteiger partial charge in [-0.2, -0.15) is 5.10 Å². The van der Waals surface area contributed by atoms with Crippen LogP contribution in [0.5, 0.6) is 5.75 Å². The van der Waals surface area contributed by atoms with E-state index < -0.39 is 0 Å². The Hall–Kier alpha value is -4.10. The molecule has 3 heterocycles. The van der Waals surface area contributed by atoms with Crippen molar-refractivity contribution in [3.05, 3.63) is 100 Å². The van der Waals surface area contributed by atoms with E-state index >= 15 is 0 Å². The Labute approximate surface area is 225 Å². The Morgan fingerprint density at radius 1 is 1.11 bits per heavy atom. The van der Waals surface area contributed by atoms with Crippen LogP contribution in [0.2, 0.25) is 5.02 Å². The number of carbonyl (C=O) groups excluding carboxylic acids is 1. The third-order valence-electron chi connectivity index (χ3n) is 7.19. The number of benzene rings is 3. The molecule has 7 nitrogen and oxygen atoms in total. The molecule has 3 aromatic carbocycles. The summed E-state index contributed by atoms with van der Waals surface area (Å²) in [6, 6.07) is 20.2. The summed E-state index contributed by atoms with van der Waals surface area (Å²) in [5.41, 5.74) is 7.50. The van der Waals surface area contributed by atoms with E-state index in [1.54, 1.807) is 0 Å². The monoisotopic (exact) mass is 525 g/mol. The van der Waals surface area contributed by atoms with Gasteiger partial charge in [-0.05, 0) is 66.4 Å². The summed E-state index contributed by atoms with van der Waals surface area (Å²) in [4.78, 5) is 23.4. The molecule has 0 saturated carbocycles. The van der Waals surface area contributed by atoms with Crippen molar-refractivity contribution in [2.45, 2.75) is 32.7 Å².